The van der Waals surface area contributed by atoms with E-state index in [-0.39, 0.29) is 5.56 Å². The number of ether oxygens (including phenoxy) is 1. The first-order valence-electron chi connectivity index (χ1n) is 7.05. The largest absolute Gasteiger partial charge is 0.497 e. The fourth-order valence-electron chi connectivity index (χ4n) is 2.60. The van der Waals surface area contributed by atoms with Crippen molar-refractivity contribution < 1.29 is 9.15 Å². The first-order chi connectivity index (χ1) is 11.3. The summed E-state index contributed by atoms with van der Waals surface area (Å²) in [7, 11) is 1.62. The number of hydrogen-bond donors (Lipinski definition) is 2. The van der Waals surface area contributed by atoms with E-state index in [1.165, 1.54) is 6.26 Å². The van der Waals surface area contributed by atoms with Crippen LogP contribution in [0.15, 0.2) is 58.1 Å². The SMILES string of the molecule is COc1cccc(Nc2ccnc3[nH]c(=O)c4ccoc4c23)c1. The van der Waals surface area contributed by atoms with Crippen LogP contribution in [0.5, 0.6) is 5.75 Å². The van der Waals surface area contributed by atoms with E-state index in [2.05, 4.69) is 15.3 Å². The first-order valence-corrected chi connectivity index (χ1v) is 7.05. The van der Waals surface area contributed by atoms with Crippen molar-refractivity contribution in [1.29, 1.82) is 0 Å². The molecule has 0 saturated heterocycles. The number of nitrogens with zero attached hydrogens (tertiary/aromatic N) is 1. The molecule has 3 aromatic heterocycles. The molecule has 0 radical (unpaired) electrons. The lowest BCUT2D eigenvalue weighted by Gasteiger charge is -2.10. The standard InChI is InChI=1S/C17H13N3O3/c1-22-11-4-2-3-10(9-11)19-13-5-7-18-16-14(13)15-12(6-8-23-15)17(21)20-16/h2-9H,1H3,(H2,18,19,20,21). The van der Waals surface area contributed by atoms with Crippen molar-refractivity contribution >= 4 is 33.4 Å². The van der Waals surface area contributed by atoms with Gasteiger partial charge in [-0.25, -0.2) is 4.98 Å². The van der Waals surface area contributed by atoms with Gasteiger partial charge in [0.2, 0.25) is 0 Å². The third-order valence-electron chi connectivity index (χ3n) is 3.67. The number of furan rings is 1. The molecule has 114 valence electrons. The molecule has 0 aliphatic heterocycles. The molecule has 0 bridgehead atoms. The fourth-order valence-corrected chi connectivity index (χ4v) is 2.60. The summed E-state index contributed by atoms with van der Waals surface area (Å²) in [5.41, 5.74) is 2.43. The van der Waals surface area contributed by atoms with E-state index in [0.29, 0.717) is 16.6 Å². The monoisotopic (exact) mass is 307 g/mol. The molecule has 0 unspecified atom stereocenters. The minimum absolute atomic E-state index is 0.215. The van der Waals surface area contributed by atoms with Gasteiger partial charge in [0, 0.05) is 18.0 Å². The van der Waals surface area contributed by atoms with Gasteiger partial charge in [-0.15, -0.1) is 0 Å². The third-order valence-corrected chi connectivity index (χ3v) is 3.67. The number of rotatable bonds is 3. The number of benzene rings is 1. The molecule has 0 amide bonds. The molecule has 0 atom stereocenters. The molecule has 0 spiro atoms. The predicted octanol–water partition coefficient (Wildman–Crippen LogP) is 3.42. The number of hydrogen-bond acceptors (Lipinski definition) is 5. The highest BCUT2D eigenvalue weighted by molar-refractivity contribution is 6.08. The molecular formula is C17H13N3O3. The number of aromatic nitrogens is 2. The van der Waals surface area contributed by atoms with E-state index in [1.807, 2.05) is 30.3 Å². The molecule has 6 nitrogen and oxygen atoms in total. The second-order valence-electron chi connectivity index (χ2n) is 5.06. The van der Waals surface area contributed by atoms with Gasteiger partial charge < -0.3 is 19.5 Å². The minimum atomic E-state index is -0.215. The van der Waals surface area contributed by atoms with Crippen LogP contribution in [-0.4, -0.2) is 17.1 Å². The molecule has 3 heterocycles. The van der Waals surface area contributed by atoms with Crippen molar-refractivity contribution in [2.24, 2.45) is 0 Å². The maximum atomic E-state index is 12.0. The van der Waals surface area contributed by atoms with Crippen LogP contribution in [0.2, 0.25) is 0 Å². The van der Waals surface area contributed by atoms with Gasteiger partial charge >= 0.3 is 0 Å². The Kier molecular flexibility index (Phi) is 3.01. The maximum absolute atomic E-state index is 12.0. The number of methoxy groups -OCH3 is 1. The highest BCUT2D eigenvalue weighted by Gasteiger charge is 2.13. The quantitative estimate of drug-likeness (QED) is 0.606. The van der Waals surface area contributed by atoms with Crippen LogP contribution in [0.4, 0.5) is 11.4 Å². The Balaban J connectivity index is 1.93. The van der Waals surface area contributed by atoms with E-state index in [0.717, 1.165) is 22.5 Å². The third kappa shape index (κ3) is 2.20. The molecule has 2 N–H and O–H groups in total. The molecule has 6 heteroatoms. The lowest BCUT2D eigenvalue weighted by molar-refractivity contribution is 0.415. The summed E-state index contributed by atoms with van der Waals surface area (Å²) in [5, 5.41) is 4.55. The number of anilines is 2. The number of fused-ring (bicyclic) bond motifs is 3. The number of pyridine rings is 2. The second kappa shape index (κ2) is 5.17. The van der Waals surface area contributed by atoms with E-state index in [9.17, 15) is 4.79 Å². The van der Waals surface area contributed by atoms with Crippen molar-refractivity contribution in [3.05, 3.63) is 59.2 Å². The average molecular weight is 307 g/mol. The lowest BCUT2D eigenvalue weighted by atomic mass is 10.2. The summed E-state index contributed by atoms with van der Waals surface area (Å²) < 4.78 is 10.7. The molecular weight excluding hydrogens is 294 g/mol. The number of H-pyrrole nitrogens is 1. The molecule has 1 aromatic carbocycles. The number of nitrogens with one attached hydrogen (secondary N) is 2. The van der Waals surface area contributed by atoms with Crippen LogP contribution < -0.4 is 15.6 Å². The molecule has 0 fully saturated rings. The van der Waals surface area contributed by atoms with Crippen LogP contribution in [0.1, 0.15) is 0 Å². The fraction of sp³-hybridized carbons (Fsp3) is 0.0588. The average Bonchev–Trinajstić information content (AvgIpc) is 3.05. The lowest BCUT2D eigenvalue weighted by Crippen LogP contribution is -2.06. The Morgan fingerprint density at radius 1 is 1.26 bits per heavy atom. The molecule has 0 saturated carbocycles. The summed E-state index contributed by atoms with van der Waals surface area (Å²) in [6, 6.07) is 11.1. The first kappa shape index (κ1) is 13.4. The van der Waals surface area contributed by atoms with E-state index in [1.54, 1.807) is 19.4 Å². The van der Waals surface area contributed by atoms with E-state index >= 15 is 0 Å². The Morgan fingerprint density at radius 3 is 3.04 bits per heavy atom. The van der Waals surface area contributed by atoms with Crippen LogP contribution in [0.25, 0.3) is 22.0 Å². The van der Waals surface area contributed by atoms with Crippen molar-refractivity contribution in [3.8, 4) is 5.75 Å². The van der Waals surface area contributed by atoms with Crippen LogP contribution in [-0.2, 0) is 0 Å². The van der Waals surface area contributed by atoms with E-state index in [4.69, 9.17) is 9.15 Å². The van der Waals surface area contributed by atoms with Gasteiger partial charge in [-0.05, 0) is 24.3 Å². The summed E-state index contributed by atoms with van der Waals surface area (Å²) in [4.78, 5) is 19.0. The maximum Gasteiger partial charge on any atom is 0.260 e. The predicted molar refractivity (Wildman–Crippen MR) is 88.4 cm³/mol. The molecule has 0 aliphatic carbocycles. The summed E-state index contributed by atoms with van der Waals surface area (Å²) in [5.74, 6) is 0.755. The van der Waals surface area contributed by atoms with Gasteiger partial charge in [0.25, 0.3) is 5.56 Å². The Bertz CT molecular complexity index is 1070. The normalized spacial score (nSPS) is 11.0. The van der Waals surface area contributed by atoms with Crippen molar-refractivity contribution in [3.63, 3.8) is 0 Å². The Labute approximate surface area is 130 Å². The molecule has 4 rings (SSSR count). The zero-order valence-corrected chi connectivity index (χ0v) is 12.3. The van der Waals surface area contributed by atoms with Crippen LogP contribution in [0.3, 0.4) is 0 Å². The van der Waals surface area contributed by atoms with E-state index < -0.39 is 0 Å². The molecule has 23 heavy (non-hydrogen) atoms. The van der Waals surface area contributed by atoms with Gasteiger partial charge in [0.15, 0.2) is 5.58 Å². The topological polar surface area (TPSA) is 80.1 Å². The van der Waals surface area contributed by atoms with Gasteiger partial charge in [-0.3, -0.25) is 4.79 Å². The highest BCUT2D eigenvalue weighted by Crippen LogP contribution is 2.30. The second-order valence-corrected chi connectivity index (χ2v) is 5.06. The summed E-state index contributed by atoms with van der Waals surface area (Å²) in [6.07, 6.45) is 3.14. The highest BCUT2D eigenvalue weighted by atomic mass is 16.5. The van der Waals surface area contributed by atoms with Gasteiger partial charge in [-0.2, -0.15) is 0 Å². The van der Waals surface area contributed by atoms with Crippen molar-refractivity contribution in [2.45, 2.75) is 0 Å². The van der Waals surface area contributed by atoms with Gasteiger partial charge in [0.05, 0.1) is 29.8 Å². The van der Waals surface area contributed by atoms with Crippen LogP contribution in [0, 0.1) is 0 Å². The Hall–Kier alpha value is -3.28. The molecule has 0 aliphatic rings. The van der Waals surface area contributed by atoms with Gasteiger partial charge in [0.1, 0.15) is 11.4 Å². The van der Waals surface area contributed by atoms with Gasteiger partial charge in [-0.1, -0.05) is 6.07 Å². The summed E-state index contributed by atoms with van der Waals surface area (Å²) >= 11 is 0. The zero-order valence-electron chi connectivity index (χ0n) is 12.3. The Morgan fingerprint density at radius 2 is 2.17 bits per heavy atom. The number of aromatic amines is 1. The van der Waals surface area contributed by atoms with Crippen molar-refractivity contribution in [1.82, 2.24) is 9.97 Å². The zero-order chi connectivity index (χ0) is 15.8. The summed E-state index contributed by atoms with van der Waals surface area (Å²) in [6.45, 7) is 0. The minimum Gasteiger partial charge on any atom is -0.497 e. The molecule has 4 aromatic rings. The van der Waals surface area contributed by atoms with Crippen molar-refractivity contribution in [2.75, 3.05) is 12.4 Å². The smallest absolute Gasteiger partial charge is 0.260 e. The van der Waals surface area contributed by atoms with Crippen LogP contribution >= 0.6 is 0 Å².